The maximum Gasteiger partial charge on any atom is 0.313 e. The first-order valence-electron chi connectivity index (χ1n) is 5.82. The van der Waals surface area contributed by atoms with E-state index in [4.69, 9.17) is 5.11 Å². The van der Waals surface area contributed by atoms with E-state index in [-0.39, 0.29) is 16.9 Å². The van der Waals surface area contributed by atoms with Gasteiger partial charge in [0.2, 0.25) is 0 Å². The Labute approximate surface area is 116 Å². The molecule has 7 heteroatoms. The summed E-state index contributed by atoms with van der Waals surface area (Å²) >= 11 is 1.06. The van der Waals surface area contributed by atoms with Crippen molar-refractivity contribution in [2.45, 2.75) is 31.1 Å². The van der Waals surface area contributed by atoms with Crippen LogP contribution in [0.15, 0.2) is 22.2 Å². The van der Waals surface area contributed by atoms with E-state index >= 15 is 0 Å². The van der Waals surface area contributed by atoms with Crippen molar-refractivity contribution in [3.63, 3.8) is 0 Å². The first-order valence-corrected chi connectivity index (χ1v) is 6.80. The molecule has 1 aromatic heterocycles. The molecule has 6 nitrogen and oxygen atoms in total. The summed E-state index contributed by atoms with van der Waals surface area (Å²) in [4.78, 5) is 27.9. The van der Waals surface area contributed by atoms with Gasteiger partial charge in [0.15, 0.2) is 5.16 Å². The van der Waals surface area contributed by atoms with Gasteiger partial charge >= 0.3 is 5.97 Å². The summed E-state index contributed by atoms with van der Waals surface area (Å²) in [6.07, 6.45) is 1.66. The van der Waals surface area contributed by atoms with Crippen molar-refractivity contribution in [2.24, 2.45) is 0 Å². The van der Waals surface area contributed by atoms with Gasteiger partial charge in [0, 0.05) is 24.3 Å². The van der Waals surface area contributed by atoms with Crippen LogP contribution < -0.4 is 5.56 Å². The number of carboxylic acid groups (broad SMARTS) is 1. The van der Waals surface area contributed by atoms with Gasteiger partial charge in [-0.3, -0.25) is 9.59 Å². The molecule has 1 N–H and O–H groups in total. The normalized spacial score (nSPS) is 11.8. The van der Waals surface area contributed by atoms with Gasteiger partial charge in [-0.2, -0.15) is 4.98 Å². The Kier molecular flexibility index (Phi) is 5.13. The van der Waals surface area contributed by atoms with E-state index in [1.807, 2.05) is 18.7 Å². The number of aliphatic carboxylic acids is 1. The van der Waals surface area contributed by atoms with Crippen LogP contribution >= 0.6 is 11.8 Å². The van der Waals surface area contributed by atoms with Crippen molar-refractivity contribution in [1.29, 1.82) is 0 Å². The molecule has 1 aromatic rings. The third kappa shape index (κ3) is 4.68. The number of rotatable bonds is 6. The lowest BCUT2D eigenvalue weighted by molar-refractivity contribution is -0.133. The molecular formula is C12H19N3O3S. The van der Waals surface area contributed by atoms with E-state index in [1.165, 1.54) is 6.07 Å². The van der Waals surface area contributed by atoms with Crippen LogP contribution in [0.2, 0.25) is 0 Å². The topological polar surface area (TPSA) is 75.4 Å². The average Bonchev–Trinajstić information content (AvgIpc) is 2.29. The van der Waals surface area contributed by atoms with Gasteiger partial charge in [-0.15, -0.1) is 0 Å². The van der Waals surface area contributed by atoms with Crippen LogP contribution in [0.1, 0.15) is 13.8 Å². The number of carboxylic acids is 1. The Morgan fingerprint density at radius 3 is 2.68 bits per heavy atom. The Balaban J connectivity index is 2.99. The van der Waals surface area contributed by atoms with Gasteiger partial charge in [0.25, 0.3) is 5.56 Å². The summed E-state index contributed by atoms with van der Waals surface area (Å²) in [5.41, 5.74) is -0.484. The maximum absolute atomic E-state index is 11.3. The van der Waals surface area contributed by atoms with Gasteiger partial charge in [-0.25, -0.2) is 0 Å². The van der Waals surface area contributed by atoms with Crippen LogP contribution in [0.3, 0.4) is 0 Å². The van der Waals surface area contributed by atoms with E-state index < -0.39 is 5.97 Å². The zero-order valence-electron chi connectivity index (χ0n) is 11.6. The standard InChI is InChI=1S/C12H19N3O3S/c1-12(2,14(3)4)8-15-6-5-9(16)13-11(15)19-7-10(17)18/h5-6H,7-8H2,1-4H3,(H,17,18). The van der Waals surface area contributed by atoms with Crippen molar-refractivity contribution in [2.75, 3.05) is 19.8 Å². The predicted molar refractivity (Wildman–Crippen MR) is 74.6 cm³/mol. The van der Waals surface area contributed by atoms with E-state index in [1.54, 1.807) is 6.20 Å². The molecule has 0 amide bonds. The molecule has 19 heavy (non-hydrogen) atoms. The number of hydrogen-bond donors (Lipinski definition) is 1. The molecule has 0 radical (unpaired) electrons. The average molecular weight is 285 g/mol. The summed E-state index contributed by atoms with van der Waals surface area (Å²) in [6, 6.07) is 1.39. The molecule has 0 unspecified atom stereocenters. The molecule has 0 atom stereocenters. The molecule has 0 saturated carbocycles. The number of nitrogens with zero attached hydrogens (tertiary/aromatic N) is 3. The molecule has 0 aliphatic rings. The van der Waals surface area contributed by atoms with Gasteiger partial charge in [0.05, 0.1) is 5.75 Å². The van der Waals surface area contributed by atoms with Crippen LogP contribution in [0.25, 0.3) is 0 Å². The minimum absolute atomic E-state index is 0.112. The van der Waals surface area contributed by atoms with Crippen molar-refractivity contribution in [3.8, 4) is 0 Å². The van der Waals surface area contributed by atoms with Gasteiger partial charge in [-0.05, 0) is 27.9 Å². The van der Waals surface area contributed by atoms with E-state index in [9.17, 15) is 9.59 Å². The summed E-state index contributed by atoms with van der Waals surface area (Å²) < 4.78 is 1.81. The largest absolute Gasteiger partial charge is 0.481 e. The molecule has 0 aliphatic heterocycles. The Morgan fingerprint density at radius 1 is 1.53 bits per heavy atom. The third-order valence-corrected chi connectivity index (χ3v) is 3.92. The molecule has 0 bridgehead atoms. The minimum Gasteiger partial charge on any atom is -0.481 e. The number of thioether (sulfide) groups is 1. The third-order valence-electron chi connectivity index (χ3n) is 2.94. The SMILES string of the molecule is CN(C)C(C)(C)Cn1ccc(=O)nc1SCC(=O)O. The highest BCUT2D eigenvalue weighted by Crippen LogP contribution is 2.19. The van der Waals surface area contributed by atoms with Crippen molar-refractivity contribution >= 4 is 17.7 Å². The Bertz CT molecular complexity index is 511. The van der Waals surface area contributed by atoms with Crippen LogP contribution in [-0.4, -0.2) is 50.9 Å². The smallest absolute Gasteiger partial charge is 0.313 e. The van der Waals surface area contributed by atoms with E-state index in [0.717, 1.165) is 11.8 Å². The number of hydrogen-bond acceptors (Lipinski definition) is 5. The number of aromatic nitrogens is 2. The highest BCUT2D eigenvalue weighted by molar-refractivity contribution is 7.99. The molecule has 0 spiro atoms. The summed E-state index contributed by atoms with van der Waals surface area (Å²) in [7, 11) is 3.94. The molecule has 0 aromatic carbocycles. The van der Waals surface area contributed by atoms with Gasteiger partial charge in [-0.1, -0.05) is 11.8 Å². The number of likely N-dealkylation sites (N-methyl/N-ethyl adjacent to an activating group) is 1. The monoisotopic (exact) mass is 285 g/mol. The van der Waals surface area contributed by atoms with Gasteiger partial charge < -0.3 is 14.6 Å². The first kappa shape index (κ1) is 15.7. The predicted octanol–water partition coefficient (Wildman–Crippen LogP) is 0.760. The fourth-order valence-corrected chi connectivity index (χ4v) is 2.03. The van der Waals surface area contributed by atoms with E-state index in [0.29, 0.717) is 11.7 Å². The molecular weight excluding hydrogens is 266 g/mol. The second-order valence-corrected chi connectivity index (χ2v) is 6.01. The van der Waals surface area contributed by atoms with Crippen molar-refractivity contribution in [1.82, 2.24) is 14.5 Å². The molecule has 0 saturated heterocycles. The fourth-order valence-electron chi connectivity index (χ4n) is 1.33. The quantitative estimate of drug-likeness (QED) is 0.614. The minimum atomic E-state index is -0.929. The van der Waals surface area contributed by atoms with Gasteiger partial charge in [0.1, 0.15) is 0 Å². The lowest BCUT2D eigenvalue weighted by Crippen LogP contribution is -2.42. The zero-order valence-corrected chi connectivity index (χ0v) is 12.4. The van der Waals surface area contributed by atoms with Crippen molar-refractivity contribution in [3.05, 3.63) is 22.6 Å². The summed E-state index contributed by atoms with van der Waals surface area (Å²) in [5.74, 6) is -1.04. The highest BCUT2D eigenvalue weighted by atomic mass is 32.2. The number of carbonyl (C=O) groups is 1. The van der Waals surface area contributed by atoms with Crippen LogP contribution in [0, 0.1) is 0 Å². The second kappa shape index (κ2) is 6.21. The van der Waals surface area contributed by atoms with Crippen molar-refractivity contribution < 1.29 is 9.90 Å². The molecule has 0 fully saturated rings. The highest BCUT2D eigenvalue weighted by Gasteiger charge is 2.22. The van der Waals surface area contributed by atoms with E-state index in [2.05, 4.69) is 23.7 Å². The van der Waals surface area contributed by atoms with Crippen LogP contribution in [0.5, 0.6) is 0 Å². The zero-order chi connectivity index (χ0) is 14.6. The molecule has 0 aliphatic carbocycles. The molecule has 1 rings (SSSR count). The lowest BCUT2D eigenvalue weighted by atomic mass is 10.0. The lowest BCUT2D eigenvalue weighted by Gasteiger charge is -2.33. The summed E-state index contributed by atoms with van der Waals surface area (Å²) in [6.45, 7) is 4.75. The summed E-state index contributed by atoms with van der Waals surface area (Å²) in [5, 5.41) is 9.15. The fraction of sp³-hybridized carbons (Fsp3) is 0.583. The second-order valence-electron chi connectivity index (χ2n) is 5.07. The first-order chi connectivity index (χ1) is 8.72. The van der Waals surface area contributed by atoms with Crippen LogP contribution in [0.4, 0.5) is 0 Å². The molecule has 1 heterocycles. The maximum atomic E-state index is 11.3. The Morgan fingerprint density at radius 2 is 2.16 bits per heavy atom. The van der Waals surface area contributed by atoms with Crippen LogP contribution in [-0.2, 0) is 11.3 Å². The molecule has 106 valence electrons. The Hall–Kier alpha value is -1.34.